The first-order valence-corrected chi connectivity index (χ1v) is 8.53. The van der Waals surface area contributed by atoms with Crippen LogP contribution in [-0.2, 0) is 16.3 Å². The number of rotatable bonds is 5. The molecule has 2 rings (SSSR count). The Labute approximate surface area is 120 Å². The summed E-state index contributed by atoms with van der Waals surface area (Å²) in [7, 11) is -0.308. The molecule has 1 fully saturated rings. The van der Waals surface area contributed by atoms with Crippen LogP contribution in [0, 0.1) is 0 Å². The van der Waals surface area contributed by atoms with Crippen LogP contribution in [0.3, 0.4) is 0 Å². The second kappa shape index (κ2) is 6.01. The van der Waals surface area contributed by atoms with Gasteiger partial charge in [0, 0.05) is 18.4 Å². The Hall–Kier alpha value is -1.27. The van der Waals surface area contributed by atoms with Gasteiger partial charge in [0.25, 0.3) is 0 Å². The van der Waals surface area contributed by atoms with Crippen LogP contribution < -0.4 is 14.8 Å². The molecule has 0 aliphatic carbocycles. The van der Waals surface area contributed by atoms with Crippen molar-refractivity contribution in [3.63, 3.8) is 0 Å². The van der Waals surface area contributed by atoms with Gasteiger partial charge in [-0.3, -0.25) is 0 Å². The molecule has 0 aromatic heterocycles. The van der Waals surface area contributed by atoms with Crippen molar-refractivity contribution in [2.75, 3.05) is 27.0 Å². The molecule has 20 heavy (non-hydrogen) atoms. The fraction of sp³-hybridized carbons (Fsp3) is 0.571. The summed E-state index contributed by atoms with van der Waals surface area (Å²) in [5.41, 5.74) is 0.969. The third kappa shape index (κ3) is 3.24. The summed E-state index contributed by atoms with van der Waals surface area (Å²) in [6, 6.07) is 3.74. The van der Waals surface area contributed by atoms with E-state index in [-0.39, 0.29) is 4.90 Å². The zero-order chi connectivity index (χ0) is 14.8. The van der Waals surface area contributed by atoms with Gasteiger partial charge < -0.3 is 14.8 Å². The predicted octanol–water partition coefficient (Wildman–Crippen LogP) is 1.40. The highest BCUT2D eigenvalue weighted by Crippen LogP contribution is 2.33. The van der Waals surface area contributed by atoms with Crippen LogP contribution in [0.25, 0.3) is 0 Å². The van der Waals surface area contributed by atoms with E-state index in [0.717, 1.165) is 24.9 Å². The van der Waals surface area contributed by atoms with Gasteiger partial charge in [0.2, 0.25) is 0 Å². The SMILES string of the molecule is COc1cc(S(C)(=O)=O)c(OC)cc1CC1CCCN1. The summed E-state index contributed by atoms with van der Waals surface area (Å²) in [6.07, 6.45) is 4.27. The topological polar surface area (TPSA) is 64.6 Å². The molecule has 1 N–H and O–H groups in total. The minimum absolute atomic E-state index is 0.167. The molecule has 0 bridgehead atoms. The lowest BCUT2D eigenvalue weighted by atomic mass is 10.0. The molecule has 1 aliphatic rings. The minimum Gasteiger partial charge on any atom is -0.496 e. The third-order valence-corrected chi connectivity index (χ3v) is 4.71. The number of benzene rings is 1. The van der Waals surface area contributed by atoms with Crippen molar-refractivity contribution in [1.82, 2.24) is 5.32 Å². The average molecular weight is 299 g/mol. The van der Waals surface area contributed by atoms with E-state index in [2.05, 4.69) is 5.32 Å². The van der Waals surface area contributed by atoms with Gasteiger partial charge >= 0.3 is 0 Å². The molecule has 0 amide bonds. The highest BCUT2D eigenvalue weighted by molar-refractivity contribution is 7.90. The fourth-order valence-electron chi connectivity index (χ4n) is 2.58. The lowest BCUT2D eigenvalue weighted by Gasteiger charge is -2.16. The van der Waals surface area contributed by atoms with Gasteiger partial charge in [-0.1, -0.05) is 0 Å². The largest absolute Gasteiger partial charge is 0.496 e. The molecular formula is C14H21NO4S. The highest BCUT2D eigenvalue weighted by Gasteiger charge is 2.21. The smallest absolute Gasteiger partial charge is 0.179 e. The number of nitrogens with one attached hydrogen (secondary N) is 1. The summed E-state index contributed by atoms with van der Waals surface area (Å²) >= 11 is 0. The molecule has 112 valence electrons. The van der Waals surface area contributed by atoms with Crippen LogP contribution in [0.5, 0.6) is 11.5 Å². The summed E-state index contributed by atoms with van der Waals surface area (Å²) in [5, 5.41) is 3.42. The number of sulfone groups is 1. The molecule has 0 radical (unpaired) electrons. The number of hydrogen-bond donors (Lipinski definition) is 1. The van der Waals surface area contributed by atoms with Crippen molar-refractivity contribution in [1.29, 1.82) is 0 Å². The van der Waals surface area contributed by atoms with Crippen molar-refractivity contribution in [2.24, 2.45) is 0 Å². The summed E-state index contributed by atoms with van der Waals surface area (Å²) in [4.78, 5) is 0.167. The van der Waals surface area contributed by atoms with Crippen LogP contribution in [-0.4, -0.2) is 41.5 Å². The molecular weight excluding hydrogens is 278 g/mol. The van der Waals surface area contributed by atoms with Crippen LogP contribution >= 0.6 is 0 Å². The van der Waals surface area contributed by atoms with E-state index >= 15 is 0 Å². The van der Waals surface area contributed by atoms with Gasteiger partial charge in [-0.15, -0.1) is 0 Å². The second-order valence-corrected chi connectivity index (χ2v) is 7.07. The van der Waals surface area contributed by atoms with Gasteiger partial charge in [-0.2, -0.15) is 0 Å². The molecule has 1 aromatic rings. The number of hydrogen-bond acceptors (Lipinski definition) is 5. The van der Waals surface area contributed by atoms with Crippen molar-refractivity contribution in [3.05, 3.63) is 17.7 Å². The summed E-state index contributed by atoms with van der Waals surface area (Å²) in [6.45, 7) is 1.03. The van der Waals surface area contributed by atoms with Gasteiger partial charge in [-0.05, 0) is 37.4 Å². The molecule has 1 heterocycles. The molecule has 1 aromatic carbocycles. The third-order valence-electron chi connectivity index (χ3n) is 3.59. The molecule has 1 unspecified atom stereocenters. The predicted molar refractivity (Wildman–Crippen MR) is 77.4 cm³/mol. The van der Waals surface area contributed by atoms with E-state index < -0.39 is 9.84 Å². The standard InChI is InChI=1S/C14H21NO4S/c1-18-12-9-14(20(3,16)17)13(19-2)8-10(12)7-11-5-4-6-15-11/h8-9,11,15H,4-7H2,1-3H3. The second-order valence-electron chi connectivity index (χ2n) is 5.08. The fourth-order valence-corrected chi connectivity index (χ4v) is 3.41. The van der Waals surface area contributed by atoms with E-state index in [1.807, 2.05) is 0 Å². The maximum Gasteiger partial charge on any atom is 0.179 e. The Morgan fingerprint density at radius 1 is 1.25 bits per heavy atom. The molecule has 0 spiro atoms. The van der Waals surface area contributed by atoms with Crippen molar-refractivity contribution in [3.8, 4) is 11.5 Å². The summed E-state index contributed by atoms with van der Waals surface area (Å²) < 4.78 is 34.1. The van der Waals surface area contributed by atoms with E-state index in [0.29, 0.717) is 17.5 Å². The van der Waals surface area contributed by atoms with E-state index in [4.69, 9.17) is 9.47 Å². The van der Waals surface area contributed by atoms with Crippen LogP contribution in [0.1, 0.15) is 18.4 Å². The van der Waals surface area contributed by atoms with Gasteiger partial charge in [0.1, 0.15) is 16.4 Å². The number of ether oxygens (including phenoxy) is 2. The Morgan fingerprint density at radius 3 is 2.45 bits per heavy atom. The zero-order valence-electron chi connectivity index (χ0n) is 12.1. The maximum atomic E-state index is 11.8. The molecule has 1 atom stereocenters. The van der Waals surface area contributed by atoms with Crippen molar-refractivity contribution < 1.29 is 17.9 Å². The quantitative estimate of drug-likeness (QED) is 0.890. The summed E-state index contributed by atoms with van der Waals surface area (Å²) in [5.74, 6) is 0.973. The van der Waals surface area contributed by atoms with Gasteiger partial charge in [0.05, 0.1) is 14.2 Å². The van der Waals surface area contributed by atoms with Crippen LogP contribution in [0.4, 0.5) is 0 Å². The van der Waals surface area contributed by atoms with Crippen LogP contribution in [0.2, 0.25) is 0 Å². The Kier molecular flexibility index (Phi) is 4.55. The minimum atomic E-state index is -3.34. The van der Waals surface area contributed by atoms with Crippen molar-refractivity contribution in [2.45, 2.75) is 30.2 Å². The van der Waals surface area contributed by atoms with Gasteiger partial charge in [0.15, 0.2) is 9.84 Å². The first-order valence-electron chi connectivity index (χ1n) is 6.64. The molecule has 5 nitrogen and oxygen atoms in total. The molecule has 6 heteroatoms. The molecule has 0 saturated carbocycles. The van der Waals surface area contributed by atoms with E-state index in [1.54, 1.807) is 19.2 Å². The Bertz CT molecular complexity index is 577. The van der Waals surface area contributed by atoms with E-state index in [9.17, 15) is 8.42 Å². The lowest BCUT2D eigenvalue weighted by molar-refractivity contribution is 0.387. The Balaban J connectivity index is 2.41. The first kappa shape index (κ1) is 15.1. The average Bonchev–Trinajstić information content (AvgIpc) is 2.89. The monoisotopic (exact) mass is 299 g/mol. The zero-order valence-corrected chi connectivity index (χ0v) is 12.9. The highest BCUT2D eigenvalue weighted by atomic mass is 32.2. The normalized spacial score (nSPS) is 19.1. The number of methoxy groups -OCH3 is 2. The van der Waals surface area contributed by atoms with Crippen LogP contribution in [0.15, 0.2) is 17.0 Å². The molecule has 1 aliphatic heterocycles. The first-order chi connectivity index (χ1) is 9.45. The molecule has 1 saturated heterocycles. The maximum absolute atomic E-state index is 11.8. The lowest BCUT2D eigenvalue weighted by Crippen LogP contribution is -2.24. The Morgan fingerprint density at radius 2 is 1.95 bits per heavy atom. The van der Waals surface area contributed by atoms with Crippen molar-refractivity contribution >= 4 is 9.84 Å². The van der Waals surface area contributed by atoms with Gasteiger partial charge in [-0.25, -0.2) is 8.42 Å². The van der Waals surface area contributed by atoms with E-state index in [1.165, 1.54) is 19.8 Å².